The van der Waals surface area contributed by atoms with Gasteiger partial charge in [0.1, 0.15) is 5.75 Å². The standard InChI is InChI=1S/C22H26N4O5S2/c1-4-20-24-21(25-31-20)18-12-19(14(2)32-18)33(28,29)26-10-6-7-15(13-26)22(27)23-16-8-5-9-17(11-16)30-3/h5,8-9,11-12,15H,4,6-7,10,13H2,1-3H3,(H,23,27)/t15-/m1/s1. The van der Waals surface area contributed by atoms with Crippen LogP contribution >= 0.6 is 11.3 Å². The molecule has 1 fully saturated rings. The Kier molecular flexibility index (Phi) is 6.82. The van der Waals surface area contributed by atoms with E-state index in [0.29, 0.717) is 58.7 Å². The van der Waals surface area contributed by atoms with Crippen LogP contribution in [-0.4, -0.2) is 49.0 Å². The van der Waals surface area contributed by atoms with Crippen molar-refractivity contribution in [1.82, 2.24) is 14.4 Å². The van der Waals surface area contributed by atoms with Gasteiger partial charge in [0.25, 0.3) is 0 Å². The Labute approximate surface area is 196 Å². The van der Waals surface area contributed by atoms with Crippen LogP contribution < -0.4 is 10.1 Å². The molecule has 0 saturated carbocycles. The number of sulfonamides is 1. The van der Waals surface area contributed by atoms with Gasteiger partial charge in [0.2, 0.25) is 27.6 Å². The molecule has 1 aliphatic rings. The molecule has 0 aliphatic carbocycles. The predicted molar refractivity (Wildman–Crippen MR) is 125 cm³/mol. The molecule has 0 spiro atoms. The number of benzene rings is 1. The molecule has 0 radical (unpaired) electrons. The van der Waals surface area contributed by atoms with Gasteiger partial charge in [-0.3, -0.25) is 4.79 Å². The van der Waals surface area contributed by atoms with Gasteiger partial charge >= 0.3 is 0 Å². The zero-order valence-electron chi connectivity index (χ0n) is 18.7. The van der Waals surface area contributed by atoms with E-state index in [0.717, 1.165) is 0 Å². The van der Waals surface area contributed by atoms with Crippen LogP contribution in [0.1, 0.15) is 30.5 Å². The number of aryl methyl sites for hydroxylation is 2. The van der Waals surface area contributed by atoms with Crippen LogP contribution in [0.15, 0.2) is 39.8 Å². The Hall–Kier alpha value is -2.76. The first-order valence-corrected chi connectivity index (χ1v) is 13.0. The molecule has 3 heterocycles. The van der Waals surface area contributed by atoms with Gasteiger partial charge in [-0.15, -0.1) is 11.3 Å². The van der Waals surface area contributed by atoms with E-state index in [4.69, 9.17) is 9.26 Å². The maximum absolute atomic E-state index is 13.4. The smallest absolute Gasteiger partial charge is 0.244 e. The molecule has 1 atom stereocenters. The van der Waals surface area contributed by atoms with E-state index < -0.39 is 15.9 Å². The third kappa shape index (κ3) is 4.94. The molecule has 11 heteroatoms. The molecule has 33 heavy (non-hydrogen) atoms. The van der Waals surface area contributed by atoms with E-state index in [2.05, 4.69) is 15.5 Å². The largest absolute Gasteiger partial charge is 0.497 e. The lowest BCUT2D eigenvalue weighted by molar-refractivity contribution is -0.120. The fourth-order valence-corrected chi connectivity index (χ4v) is 6.80. The summed E-state index contributed by atoms with van der Waals surface area (Å²) in [5.41, 5.74) is 0.615. The minimum atomic E-state index is -3.77. The molecule has 1 N–H and O–H groups in total. The highest BCUT2D eigenvalue weighted by Gasteiger charge is 2.35. The summed E-state index contributed by atoms with van der Waals surface area (Å²) in [5.74, 6) is 0.876. The fraction of sp³-hybridized carbons (Fsp3) is 0.409. The van der Waals surface area contributed by atoms with Gasteiger partial charge in [-0.2, -0.15) is 9.29 Å². The summed E-state index contributed by atoms with van der Waals surface area (Å²) in [5, 5.41) is 6.83. The topological polar surface area (TPSA) is 115 Å². The van der Waals surface area contributed by atoms with E-state index in [1.807, 2.05) is 6.92 Å². The van der Waals surface area contributed by atoms with Crippen molar-refractivity contribution in [1.29, 1.82) is 0 Å². The van der Waals surface area contributed by atoms with Crippen molar-refractivity contribution in [3.8, 4) is 16.5 Å². The lowest BCUT2D eigenvalue weighted by Crippen LogP contribution is -2.43. The van der Waals surface area contributed by atoms with Gasteiger partial charge in [-0.05, 0) is 38.0 Å². The normalized spacial score (nSPS) is 17.1. The highest BCUT2D eigenvalue weighted by molar-refractivity contribution is 7.89. The van der Waals surface area contributed by atoms with Crippen LogP contribution in [0.5, 0.6) is 5.75 Å². The molecule has 0 bridgehead atoms. The zero-order valence-corrected chi connectivity index (χ0v) is 20.3. The molecular formula is C22H26N4O5S2. The zero-order chi connectivity index (χ0) is 23.6. The average molecular weight is 491 g/mol. The molecule has 0 unspecified atom stereocenters. The van der Waals surface area contributed by atoms with Gasteiger partial charge in [-0.25, -0.2) is 8.42 Å². The monoisotopic (exact) mass is 490 g/mol. The fourth-order valence-electron chi connectivity index (χ4n) is 3.79. The van der Waals surface area contributed by atoms with Gasteiger partial charge in [-0.1, -0.05) is 18.1 Å². The number of aromatic nitrogens is 2. The maximum atomic E-state index is 13.4. The Balaban J connectivity index is 1.50. The quantitative estimate of drug-likeness (QED) is 0.537. The third-order valence-electron chi connectivity index (χ3n) is 5.57. The van der Waals surface area contributed by atoms with Crippen molar-refractivity contribution in [3.63, 3.8) is 0 Å². The number of hydrogen-bond acceptors (Lipinski definition) is 8. The Morgan fingerprint density at radius 2 is 2.18 bits per heavy atom. The molecule has 176 valence electrons. The number of piperidine rings is 1. The number of anilines is 1. The molecule has 1 aromatic carbocycles. The van der Waals surface area contributed by atoms with Crippen molar-refractivity contribution < 1.29 is 22.5 Å². The van der Waals surface area contributed by atoms with E-state index in [1.54, 1.807) is 44.4 Å². The molecule has 3 aromatic rings. The number of amides is 1. The molecule has 1 amide bonds. The van der Waals surface area contributed by atoms with Crippen molar-refractivity contribution >= 4 is 33.0 Å². The molecular weight excluding hydrogens is 464 g/mol. The van der Waals surface area contributed by atoms with Crippen LogP contribution in [0.2, 0.25) is 0 Å². The van der Waals surface area contributed by atoms with E-state index in [1.165, 1.54) is 15.6 Å². The first-order chi connectivity index (χ1) is 15.8. The lowest BCUT2D eigenvalue weighted by Gasteiger charge is -2.31. The summed E-state index contributed by atoms with van der Waals surface area (Å²) < 4.78 is 38.6. The van der Waals surface area contributed by atoms with E-state index in [-0.39, 0.29) is 17.3 Å². The highest BCUT2D eigenvalue weighted by atomic mass is 32.2. The second-order valence-corrected chi connectivity index (χ2v) is 11.0. The minimum absolute atomic E-state index is 0.130. The van der Waals surface area contributed by atoms with Crippen LogP contribution in [0, 0.1) is 12.8 Å². The average Bonchev–Trinajstić information content (AvgIpc) is 3.46. The minimum Gasteiger partial charge on any atom is -0.497 e. The number of ether oxygens (including phenoxy) is 1. The van der Waals surface area contributed by atoms with Crippen molar-refractivity contribution in [2.75, 3.05) is 25.5 Å². The summed E-state index contributed by atoms with van der Waals surface area (Å²) >= 11 is 1.31. The Bertz CT molecular complexity index is 1250. The molecule has 9 nitrogen and oxygen atoms in total. The number of methoxy groups -OCH3 is 1. The number of carbonyl (C=O) groups is 1. The van der Waals surface area contributed by atoms with E-state index >= 15 is 0 Å². The number of rotatable bonds is 7. The van der Waals surface area contributed by atoms with Crippen molar-refractivity contribution in [2.24, 2.45) is 5.92 Å². The molecule has 1 saturated heterocycles. The second-order valence-electron chi connectivity index (χ2n) is 7.82. The van der Waals surface area contributed by atoms with Gasteiger partial charge in [0.05, 0.1) is 22.8 Å². The molecule has 4 rings (SSSR count). The third-order valence-corrected chi connectivity index (χ3v) is 8.74. The number of nitrogens with one attached hydrogen (secondary N) is 1. The van der Waals surface area contributed by atoms with Crippen LogP contribution in [0.25, 0.3) is 10.7 Å². The Morgan fingerprint density at radius 3 is 2.91 bits per heavy atom. The van der Waals surface area contributed by atoms with Crippen molar-refractivity contribution in [2.45, 2.75) is 38.0 Å². The molecule has 1 aliphatic heterocycles. The van der Waals surface area contributed by atoms with Crippen molar-refractivity contribution in [3.05, 3.63) is 41.1 Å². The van der Waals surface area contributed by atoms with Crippen LogP contribution in [0.3, 0.4) is 0 Å². The maximum Gasteiger partial charge on any atom is 0.244 e. The molecule has 2 aromatic heterocycles. The van der Waals surface area contributed by atoms with Crippen LogP contribution in [0.4, 0.5) is 5.69 Å². The number of hydrogen-bond donors (Lipinski definition) is 1. The van der Waals surface area contributed by atoms with Gasteiger partial charge in [0.15, 0.2) is 0 Å². The summed E-state index contributed by atoms with van der Waals surface area (Å²) in [6.45, 7) is 4.17. The number of thiophene rings is 1. The summed E-state index contributed by atoms with van der Waals surface area (Å²) in [6, 6.07) is 8.68. The summed E-state index contributed by atoms with van der Waals surface area (Å²) in [6.07, 6.45) is 1.84. The van der Waals surface area contributed by atoms with Gasteiger partial charge in [0, 0.05) is 36.1 Å². The second kappa shape index (κ2) is 9.62. The van der Waals surface area contributed by atoms with Crippen LogP contribution in [-0.2, 0) is 21.2 Å². The first kappa shape index (κ1) is 23.4. The highest BCUT2D eigenvalue weighted by Crippen LogP contribution is 2.35. The van der Waals surface area contributed by atoms with Gasteiger partial charge < -0.3 is 14.6 Å². The summed E-state index contributed by atoms with van der Waals surface area (Å²) in [4.78, 5) is 18.7. The Morgan fingerprint density at radius 1 is 1.36 bits per heavy atom. The van der Waals surface area contributed by atoms with E-state index in [9.17, 15) is 13.2 Å². The number of nitrogens with zero attached hydrogens (tertiary/aromatic N) is 3. The predicted octanol–water partition coefficient (Wildman–Crippen LogP) is 3.72. The first-order valence-electron chi connectivity index (χ1n) is 10.7. The summed E-state index contributed by atoms with van der Waals surface area (Å²) in [7, 11) is -2.21. The lowest BCUT2D eigenvalue weighted by atomic mass is 9.98. The number of carbonyl (C=O) groups excluding carboxylic acids is 1. The SMILES string of the molecule is CCc1nc(-c2cc(S(=O)(=O)N3CCC[C@@H](C(=O)Nc4cccc(OC)c4)C3)c(C)s2)no1.